The first-order valence-corrected chi connectivity index (χ1v) is 7.23. The highest BCUT2D eigenvalue weighted by Crippen LogP contribution is 2.28. The van der Waals surface area contributed by atoms with Gasteiger partial charge in [0.25, 0.3) is 0 Å². The lowest BCUT2D eigenvalue weighted by Gasteiger charge is -2.32. The van der Waals surface area contributed by atoms with Gasteiger partial charge in [-0.2, -0.15) is 0 Å². The van der Waals surface area contributed by atoms with Gasteiger partial charge in [-0.05, 0) is 38.5 Å². The number of hydrogen-bond donors (Lipinski definition) is 1. The largest absolute Gasteiger partial charge is 0.444 e. The van der Waals surface area contributed by atoms with Crippen LogP contribution in [0.15, 0.2) is 18.2 Å². The molecule has 0 aliphatic carbocycles. The fraction of sp³-hybridized carbons (Fsp3) is 0.500. The Morgan fingerprint density at radius 1 is 1.30 bits per heavy atom. The van der Waals surface area contributed by atoms with Crippen LogP contribution in [0.5, 0.6) is 0 Å². The third kappa shape index (κ3) is 4.72. The zero-order valence-corrected chi connectivity index (χ0v) is 13.2. The lowest BCUT2D eigenvalue weighted by molar-refractivity contribution is -0.133. The molecule has 1 N–H and O–H groups in total. The van der Waals surface area contributed by atoms with E-state index in [0.29, 0.717) is 5.56 Å². The number of ketones is 1. The summed E-state index contributed by atoms with van der Waals surface area (Å²) in [4.78, 5) is 23.5. The van der Waals surface area contributed by atoms with Gasteiger partial charge in [0.1, 0.15) is 18.3 Å². The van der Waals surface area contributed by atoms with Crippen molar-refractivity contribution in [1.29, 1.82) is 0 Å². The van der Waals surface area contributed by atoms with E-state index in [-0.39, 0.29) is 18.8 Å². The molecule has 0 bridgehead atoms. The van der Waals surface area contributed by atoms with E-state index >= 15 is 0 Å². The molecule has 5 nitrogen and oxygen atoms in total. The zero-order chi connectivity index (χ0) is 17.2. The minimum atomic E-state index is -1.01. The highest BCUT2D eigenvalue weighted by molar-refractivity contribution is 5.82. The molecule has 1 fully saturated rings. The molecule has 7 heteroatoms. The summed E-state index contributed by atoms with van der Waals surface area (Å²) >= 11 is 0. The Balaban J connectivity index is 2.17. The quantitative estimate of drug-likeness (QED) is 0.907. The first-order chi connectivity index (χ1) is 10.7. The van der Waals surface area contributed by atoms with Gasteiger partial charge in [-0.25, -0.2) is 13.6 Å². The van der Waals surface area contributed by atoms with Crippen molar-refractivity contribution in [2.45, 2.75) is 44.9 Å². The molecule has 0 saturated carbocycles. The number of carbonyl (C=O) groups is 2. The molecule has 1 aromatic rings. The standard InChI is InChI=1S/C16H19F2NO4/c1-16(2,3)23-15(21)19-13-7-10(20)8-22-14(13)9-4-5-11(17)12(18)6-9/h4-6,13-14H,7-8H2,1-3H3,(H,19,21)/t13-,14+/m0/s1. The average molecular weight is 327 g/mol. The highest BCUT2D eigenvalue weighted by Gasteiger charge is 2.34. The van der Waals surface area contributed by atoms with Crippen LogP contribution in [-0.4, -0.2) is 30.1 Å². The lowest BCUT2D eigenvalue weighted by Crippen LogP contribution is -2.47. The first kappa shape index (κ1) is 17.3. The van der Waals surface area contributed by atoms with Gasteiger partial charge in [-0.15, -0.1) is 0 Å². The molecular weight excluding hydrogens is 308 g/mol. The summed E-state index contributed by atoms with van der Waals surface area (Å²) in [6, 6.07) is 2.63. The van der Waals surface area contributed by atoms with Crippen LogP contribution in [0, 0.1) is 11.6 Å². The maximum atomic E-state index is 13.4. The zero-order valence-electron chi connectivity index (χ0n) is 13.2. The molecule has 2 atom stereocenters. The third-order valence-electron chi connectivity index (χ3n) is 3.21. The Kier molecular flexibility index (Phi) is 4.99. The molecule has 1 amide bonds. The van der Waals surface area contributed by atoms with Gasteiger partial charge in [-0.1, -0.05) is 6.07 Å². The summed E-state index contributed by atoms with van der Waals surface area (Å²) in [7, 11) is 0. The van der Waals surface area contributed by atoms with Crippen molar-refractivity contribution in [3.63, 3.8) is 0 Å². The summed E-state index contributed by atoms with van der Waals surface area (Å²) in [5.74, 6) is -2.18. The molecule has 126 valence electrons. The predicted molar refractivity (Wildman–Crippen MR) is 77.8 cm³/mol. The summed E-state index contributed by atoms with van der Waals surface area (Å²) in [6.45, 7) is 4.99. The van der Waals surface area contributed by atoms with E-state index in [9.17, 15) is 18.4 Å². The Labute approximate surface area is 133 Å². The van der Waals surface area contributed by atoms with Crippen LogP contribution in [0.4, 0.5) is 13.6 Å². The maximum absolute atomic E-state index is 13.4. The highest BCUT2D eigenvalue weighted by atomic mass is 19.2. The van der Waals surface area contributed by atoms with Crippen molar-refractivity contribution in [1.82, 2.24) is 5.32 Å². The number of amides is 1. The van der Waals surface area contributed by atoms with E-state index in [2.05, 4.69) is 5.32 Å². The number of Topliss-reactive ketones (excluding diaryl/α,β-unsaturated/α-hetero) is 1. The molecule has 1 saturated heterocycles. The Morgan fingerprint density at radius 2 is 2.00 bits per heavy atom. The van der Waals surface area contributed by atoms with Gasteiger partial charge in [-0.3, -0.25) is 4.79 Å². The molecule has 0 unspecified atom stereocenters. The van der Waals surface area contributed by atoms with Gasteiger partial charge >= 0.3 is 6.09 Å². The Bertz CT molecular complexity index is 613. The molecule has 1 aliphatic rings. The Hall–Kier alpha value is -2.02. The fourth-order valence-electron chi connectivity index (χ4n) is 2.31. The van der Waals surface area contributed by atoms with Crippen molar-refractivity contribution in [2.24, 2.45) is 0 Å². The smallest absolute Gasteiger partial charge is 0.407 e. The van der Waals surface area contributed by atoms with Crippen molar-refractivity contribution >= 4 is 11.9 Å². The van der Waals surface area contributed by atoms with Crippen molar-refractivity contribution in [3.05, 3.63) is 35.4 Å². The van der Waals surface area contributed by atoms with Crippen LogP contribution in [0.3, 0.4) is 0 Å². The molecule has 0 radical (unpaired) electrons. The van der Waals surface area contributed by atoms with E-state index in [1.165, 1.54) is 6.07 Å². The number of alkyl carbamates (subject to hydrolysis) is 1. The number of hydrogen-bond acceptors (Lipinski definition) is 4. The lowest BCUT2D eigenvalue weighted by atomic mass is 9.95. The Morgan fingerprint density at radius 3 is 2.61 bits per heavy atom. The fourth-order valence-corrected chi connectivity index (χ4v) is 2.31. The SMILES string of the molecule is CC(C)(C)OC(=O)N[C@H]1CC(=O)CO[C@@H]1c1ccc(F)c(F)c1. The molecule has 2 rings (SSSR count). The summed E-state index contributed by atoms with van der Waals surface area (Å²) in [6.07, 6.45) is -1.42. The minimum absolute atomic E-state index is 0.0307. The molecular formula is C16H19F2NO4. The molecule has 1 aromatic carbocycles. The molecule has 1 heterocycles. The third-order valence-corrected chi connectivity index (χ3v) is 3.21. The molecule has 23 heavy (non-hydrogen) atoms. The predicted octanol–water partition coefficient (Wildman–Crippen LogP) is 2.89. The van der Waals surface area contributed by atoms with Crippen LogP contribution in [-0.2, 0) is 14.3 Å². The first-order valence-electron chi connectivity index (χ1n) is 7.23. The van der Waals surface area contributed by atoms with Crippen LogP contribution < -0.4 is 5.32 Å². The van der Waals surface area contributed by atoms with Crippen LogP contribution in [0.25, 0.3) is 0 Å². The van der Waals surface area contributed by atoms with Gasteiger partial charge in [0, 0.05) is 6.42 Å². The van der Waals surface area contributed by atoms with E-state index < -0.39 is 35.5 Å². The van der Waals surface area contributed by atoms with E-state index in [1.54, 1.807) is 20.8 Å². The van der Waals surface area contributed by atoms with E-state index in [1.807, 2.05) is 0 Å². The normalized spacial score (nSPS) is 21.9. The van der Waals surface area contributed by atoms with Gasteiger partial charge in [0.05, 0.1) is 6.04 Å². The minimum Gasteiger partial charge on any atom is -0.444 e. The number of benzene rings is 1. The number of nitrogens with one attached hydrogen (secondary N) is 1. The number of halogens is 2. The maximum Gasteiger partial charge on any atom is 0.407 e. The van der Waals surface area contributed by atoms with Crippen LogP contribution in [0.2, 0.25) is 0 Å². The van der Waals surface area contributed by atoms with Gasteiger partial charge < -0.3 is 14.8 Å². The summed E-state index contributed by atoms with van der Waals surface area (Å²) in [5, 5.41) is 2.57. The van der Waals surface area contributed by atoms with Crippen molar-refractivity contribution in [3.8, 4) is 0 Å². The molecule has 1 aliphatic heterocycles. The molecule has 0 aromatic heterocycles. The van der Waals surface area contributed by atoms with E-state index in [0.717, 1.165) is 12.1 Å². The van der Waals surface area contributed by atoms with Crippen LogP contribution in [0.1, 0.15) is 38.9 Å². The summed E-state index contributed by atoms with van der Waals surface area (Å²) < 4.78 is 37.0. The average Bonchev–Trinajstić information content (AvgIpc) is 2.40. The van der Waals surface area contributed by atoms with Crippen molar-refractivity contribution < 1.29 is 27.8 Å². The van der Waals surface area contributed by atoms with E-state index in [4.69, 9.17) is 9.47 Å². The van der Waals surface area contributed by atoms with Gasteiger partial charge in [0.2, 0.25) is 0 Å². The summed E-state index contributed by atoms with van der Waals surface area (Å²) in [5.41, 5.74) is -0.348. The number of rotatable bonds is 2. The van der Waals surface area contributed by atoms with Gasteiger partial charge in [0.15, 0.2) is 17.4 Å². The number of carbonyl (C=O) groups excluding carboxylic acids is 2. The second-order valence-corrected chi connectivity index (χ2v) is 6.40. The molecule has 0 spiro atoms. The van der Waals surface area contributed by atoms with Crippen molar-refractivity contribution in [2.75, 3.05) is 6.61 Å². The second kappa shape index (κ2) is 6.62. The van der Waals surface area contributed by atoms with Crippen LogP contribution >= 0.6 is 0 Å². The monoisotopic (exact) mass is 327 g/mol. The topological polar surface area (TPSA) is 64.6 Å². The number of ether oxygens (including phenoxy) is 2. The second-order valence-electron chi connectivity index (χ2n) is 6.40.